The molecule has 8 bridgehead atoms. The van der Waals surface area contributed by atoms with Crippen LogP contribution in [0.4, 0.5) is 11.6 Å². The molecule has 2 N–H and O–H groups in total. The molecule has 6 heteroatoms. The Morgan fingerprint density at radius 2 is 0.773 bits per heavy atom. The quantitative estimate of drug-likeness (QED) is 0.183. The van der Waals surface area contributed by atoms with Gasteiger partial charge in [0.25, 0.3) is 0 Å². The molecule has 5 heterocycles. The lowest BCUT2D eigenvalue weighted by Crippen LogP contribution is -2.33. The summed E-state index contributed by atoms with van der Waals surface area (Å²) >= 11 is 0. The SMILES string of the molecule is CC1(C)C2=NC(=Nc3[nH]c(c4ccccc34)C(C)(C)c3[nH]c(c4ccccc34)N=C3N=C1c1ccccc13)c1ccccc12. The van der Waals surface area contributed by atoms with Gasteiger partial charge in [0, 0.05) is 60.6 Å². The first-order chi connectivity index (χ1) is 21.3. The van der Waals surface area contributed by atoms with Crippen molar-refractivity contribution in [2.24, 2.45) is 25.4 Å². The Hall–Kier alpha value is -5.36. The predicted octanol–water partition coefficient (Wildman–Crippen LogP) is 8.78. The van der Waals surface area contributed by atoms with Gasteiger partial charge < -0.3 is 9.97 Å². The minimum absolute atomic E-state index is 0.431. The topological polar surface area (TPSA) is 81.0 Å². The van der Waals surface area contributed by atoms with Crippen molar-refractivity contribution in [2.75, 3.05) is 0 Å². The zero-order chi connectivity index (χ0) is 29.8. The van der Waals surface area contributed by atoms with Crippen LogP contribution >= 0.6 is 0 Å². The second kappa shape index (κ2) is 8.60. The van der Waals surface area contributed by atoms with Crippen molar-refractivity contribution in [1.82, 2.24) is 9.97 Å². The van der Waals surface area contributed by atoms with E-state index >= 15 is 0 Å². The third kappa shape index (κ3) is 3.31. The molecule has 0 fully saturated rings. The van der Waals surface area contributed by atoms with Gasteiger partial charge in [-0.25, -0.2) is 20.0 Å². The Bertz CT molecular complexity index is 2170. The van der Waals surface area contributed by atoms with Crippen LogP contribution in [0.3, 0.4) is 0 Å². The lowest BCUT2D eigenvalue weighted by molar-refractivity contribution is 0.614. The van der Waals surface area contributed by atoms with Crippen molar-refractivity contribution in [3.05, 3.63) is 131 Å². The molecule has 0 radical (unpaired) electrons. The fourth-order valence-corrected chi connectivity index (χ4v) is 7.28. The van der Waals surface area contributed by atoms with Crippen molar-refractivity contribution in [1.29, 1.82) is 0 Å². The second-order valence-corrected chi connectivity index (χ2v) is 12.9. The van der Waals surface area contributed by atoms with E-state index in [-0.39, 0.29) is 0 Å². The molecule has 0 aliphatic carbocycles. The normalized spacial score (nSPS) is 17.5. The maximum Gasteiger partial charge on any atom is 0.162 e. The highest BCUT2D eigenvalue weighted by atomic mass is 15.1. The maximum atomic E-state index is 5.28. The van der Waals surface area contributed by atoms with Gasteiger partial charge in [-0.05, 0) is 27.7 Å². The van der Waals surface area contributed by atoms with Crippen LogP contribution in [-0.4, -0.2) is 33.1 Å². The second-order valence-electron chi connectivity index (χ2n) is 12.9. The average molecular weight is 571 g/mol. The first-order valence-corrected chi connectivity index (χ1v) is 15.1. The van der Waals surface area contributed by atoms with E-state index in [9.17, 15) is 0 Å². The molecule has 4 aromatic carbocycles. The summed E-state index contributed by atoms with van der Waals surface area (Å²) in [6.45, 7) is 8.93. The molecule has 0 saturated heterocycles. The van der Waals surface area contributed by atoms with Crippen LogP contribution in [0.1, 0.15) is 61.3 Å². The standard InChI is InChI=1S/C38H30N6/c1-37(2)29-21-13-5-9-17-25(21)33(39-29)43-35-27-19-11-7-15-23(27)31(41-35)38(3,4)32-24-16-8-12-20-28(24)36(42-32)44-34-26-18-10-6-14-22(26)30(37)40-34/h5-20,39-40H,1-4H3. The highest BCUT2D eigenvalue weighted by Gasteiger charge is 2.41. The van der Waals surface area contributed by atoms with Crippen LogP contribution < -0.4 is 0 Å². The Morgan fingerprint density at radius 1 is 0.409 bits per heavy atom. The number of rotatable bonds is 0. The molecule has 0 unspecified atom stereocenters. The van der Waals surface area contributed by atoms with Gasteiger partial charge in [-0.15, -0.1) is 0 Å². The summed E-state index contributed by atoms with van der Waals surface area (Å²) in [7, 11) is 0. The molecule has 0 spiro atoms. The van der Waals surface area contributed by atoms with Gasteiger partial charge >= 0.3 is 0 Å². The molecule has 212 valence electrons. The number of fused-ring (bicyclic) bond motifs is 18. The van der Waals surface area contributed by atoms with E-state index in [0.717, 1.165) is 78.2 Å². The van der Waals surface area contributed by atoms with Crippen molar-refractivity contribution in [3.8, 4) is 0 Å². The summed E-state index contributed by atoms with van der Waals surface area (Å²) in [6, 6.07) is 33.8. The minimum atomic E-state index is -0.522. The van der Waals surface area contributed by atoms with Gasteiger partial charge in [0.2, 0.25) is 0 Å². The fourth-order valence-electron chi connectivity index (χ4n) is 7.28. The summed E-state index contributed by atoms with van der Waals surface area (Å²) < 4.78 is 0. The number of hydrogen-bond donors (Lipinski definition) is 2. The van der Waals surface area contributed by atoms with E-state index in [1.807, 2.05) is 0 Å². The maximum absolute atomic E-state index is 5.28. The van der Waals surface area contributed by atoms with Crippen molar-refractivity contribution >= 4 is 56.3 Å². The fraction of sp³-hybridized carbons (Fsp3) is 0.158. The Morgan fingerprint density at radius 3 is 1.20 bits per heavy atom. The van der Waals surface area contributed by atoms with Crippen LogP contribution in [-0.2, 0) is 5.41 Å². The lowest BCUT2D eigenvalue weighted by atomic mass is 9.76. The van der Waals surface area contributed by atoms with E-state index in [2.05, 4.69) is 135 Å². The van der Waals surface area contributed by atoms with Gasteiger partial charge in [-0.1, -0.05) is 97.1 Å². The molecule has 0 saturated carbocycles. The molecule has 9 rings (SSSR count). The Labute approximate surface area is 255 Å². The summed E-state index contributed by atoms with van der Waals surface area (Å²) in [5.74, 6) is 3.03. The summed E-state index contributed by atoms with van der Waals surface area (Å²) in [4.78, 5) is 28.6. The molecule has 6 aromatic rings. The minimum Gasteiger partial charge on any atom is -0.342 e. The summed E-state index contributed by atoms with van der Waals surface area (Å²) in [6.07, 6.45) is 0. The van der Waals surface area contributed by atoms with Gasteiger partial charge in [-0.2, -0.15) is 0 Å². The van der Waals surface area contributed by atoms with E-state index in [1.54, 1.807) is 0 Å². The zero-order valence-corrected chi connectivity index (χ0v) is 25.0. The number of H-pyrrole nitrogens is 2. The Balaban J connectivity index is 1.43. The number of amidine groups is 2. The van der Waals surface area contributed by atoms with E-state index in [4.69, 9.17) is 20.0 Å². The Kier molecular flexibility index (Phi) is 4.92. The summed E-state index contributed by atoms with van der Waals surface area (Å²) in [5, 5.41) is 4.42. The zero-order valence-electron chi connectivity index (χ0n) is 25.0. The van der Waals surface area contributed by atoms with Gasteiger partial charge in [0.05, 0.1) is 16.8 Å². The van der Waals surface area contributed by atoms with E-state index < -0.39 is 10.8 Å². The highest BCUT2D eigenvalue weighted by Crippen LogP contribution is 2.45. The number of benzene rings is 4. The number of hydrogen-bond acceptors (Lipinski definition) is 4. The molecule has 0 amide bonds. The van der Waals surface area contributed by atoms with Crippen LogP contribution in [0.5, 0.6) is 0 Å². The van der Waals surface area contributed by atoms with Crippen molar-refractivity contribution in [3.63, 3.8) is 0 Å². The van der Waals surface area contributed by atoms with Gasteiger partial charge in [-0.3, -0.25) is 0 Å². The number of aliphatic imine (C=N–C) groups is 4. The smallest absolute Gasteiger partial charge is 0.162 e. The van der Waals surface area contributed by atoms with E-state index in [0.29, 0.717) is 11.7 Å². The third-order valence-electron chi connectivity index (χ3n) is 9.54. The highest BCUT2D eigenvalue weighted by molar-refractivity contribution is 6.36. The average Bonchev–Trinajstić information content (AvgIpc) is 3.80. The van der Waals surface area contributed by atoms with Crippen LogP contribution in [0, 0.1) is 5.41 Å². The van der Waals surface area contributed by atoms with Crippen molar-refractivity contribution < 1.29 is 0 Å². The van der Waals surface area contributed by atoms with Gasteiger partial charge in [0.15, 0.2) is 11.7 Å². The molecule has 3 aliphatic heterocycles. The lowest BCUT2D eigenvalue weighted by Gasteiger charge is -2.26. The molecule has 44 heavy (non-hydrogen) atoms. The van der Waals surface area contributed by atoms with E-state index in [1.165, 1.54) is 0 Å². The number of aromatic nitrogens is 2. The number of aromatic amines is 2. The third-order valence-corrected chi connectivity index (χ3v) is 9.54. The van der Waals surface area contributed by atoms with Crippen LogP contribution in [0.15, 0.2) is 117 Å². The summed E-state index contributed by atoms with van der Waals surface area (Å²) in [5.41, 5.74) is 7.37. The monoisotopic (exact) mass is 570 g/mol. The van der Waals surface area contributed by atoms with Gasteiger partial charge in [0.1, 0.15) is 11.6 Å². The molecule has 2 aromatic heterocycles. The first kappa shape index (κ1) is 25.2. The molecular weight excluding hydrogens is 540 g/mol. The molecule has 0 atom stereocenters. The van der Waals surface area contributed by atoms with Crippen LogP contribution in [0.2, 0.25) is 0 Å². The first-order valence-electron chi connectivity index (χ1n) is 15.1. The molecule has 3 aliphatic rings. The van der Waals surface area contributed by atoms with Crippen molar-refractivity contribution in [2.45, 2.75) is 33.1 Å². The molecule has 6 nitrogen and oxygen atoms in total. The predicted molar refractivity (Wildman–Crippen MR) is 181 cm³/mol. The van der Waals surface area contributed by atoms with Crippen LogP contribution in [0.25, 0.3) is 21.5 Å². The molecular formula is C38H30N6. The number of nitrogens with zero attached hydrogens (tertiary/aromatic N) is 4. The largest absolute Gasteiger partial charge is 0.342 e. The number of nitrogens with one attached hydrogen (secondary N) is 2.